The van der Waals surface area contributed by atoms with Crippen LogP contribution in [-0.4, -0.2) is 16.3 Å². The van der Waals surface area contributed by atoms with Gasteiger partial charge in [-0.2, -0.15) is 0 Å². The number of aromatic nitrogens is 2. The molecule has 1 rings (SSSR count). The van der Waals surface area contributed by atoms with E-state index in [-0.39, 0.29) is 10.8 Å². The van der Waals surface area contributed by atoms with E-state index in [0.717, 1.165) is 0 Å². The maximum absolute atomic E-state index is 10.3. The fourth-order valence-corrected chi connectivity index (χ4v) is 0.920. The van der Waals surface area contributed by atoms with E-state index >= 15 is 0 Å². The fraction of sp³-hybridized carbons (Fsp3) is 0.143. The third kappa shape index (κ3) is 1.68. The molecular weight excluding hydrogens is 164 g/mol. The molecule has 0 aromatic carbocycles. The molecule has 0 radical (unpaired) electrons. The molecule has 0 fully saturated rings. The first kappa shape index (κ1) is 8.01. The predicted molar refractivity (Wildman–Crippen MR) is 42.9 cm³/mol. The van der Waals surface area contributed by atoms with Gasteiger partial charge in [-0.1, -0.05) is 17.7 Å². The summed E-state index contributed by atoms with van der Waals surface area (Å²) in [5.74, 6) is 0.659. The van der Waals surface area contributed by atoms with Crippen molar-refractivity contribution in [1.82, 2.24) is 9.97 Å². The molecule has 4 heteroatoms. The van der Waals surface area contributed by atoms with E-state index in [1.165, 1.54) is 0 Å². The Balaban J connectivity index is 2.94. The number of nitrogens with one attached hydrogen (secondary N) is 1. The van der Waals surface area contributed by atoms with Gasteiger partial charge in [-0.25, -0.2) is 4.98 Å². The van der Waals surface area contributed by atoms with Crippen molar-refractivity contribution in [2.45, 2.75) is 6.42 Å². The topological polar surface area (TPSA) is 45.8 Å². The molecule has 0 bridgehead atoms. The summed E-state index contributed by atoms with van der Waals surface area (Å²) >= 11 is 5.60. The minimum Gasteiger partial charge on any atom is -0.332 e. The van der Waals surface area contributed by atoms with Gasteiger partial charge in [0.15, 0.2) is 6.29 Å². The van der Waals surface area contributed by atoms with Gasteiger partial charge in [0, 0.05) is 6.42 Å². The quantitative estimate of drug-likeness (QED) is 0.553. The van der Waals surface area contributed by atoms with Crippen molar-refractivity contribution in [3.8, 4) is 0 Å². The molecule has 3 nitrogen and oxygen atoms in total. The van der Waals surface area contributed by atoms with Gasteiger partial charge in [0.05, 0.1) is 0 Å². The Morgan fingerprint density at radius 1 is 1.73 bits per heavy atom. The smallest absolute Gasteiger partial charge is 0.171 e. The minimum atomic E-state index is 0.253. The molecule has 0 atom stereocenters. The average molecular weight is 171 g/mol. The Morgan fingerprint density at radius 3 is 2.91 bits per heavy atom. The predicted octanol–water partition coefficient (Wildman–Crippen LogP) is 1.60. The van der Waals surface area contributed by atoms with Gasteiger partial charge >= 0.3 is 0 Å². The van der Waals surface area contributed by atoms with Crippen molar-refractivity contribution in [3.63, 3.8) is 0 Å². The highest BCUT2D eigenvalue weighted by Crippen LogP contribution is 2.10. The molecular formula is C7H7ClN2O. The van der Waals surface area contributed by atoms with E-state index in [1.807, 2.05) is 0 Å². The number of rotatable bonds is 3. The molecule has 0 aliphatic carbocycles. The lowest BCUT2D eigenvalue weighted by Crippen LogP contribution is -1.83. The van der Waals surface area contributed by atoms with Crippen LogP contribution < -0.4 is 0 Å². The van der Waals surface area contributed by atoms with Crippen molar-refractivity contribution >= 4 is 17.9 Å². The zero-order chi connectivity index (χ0) is 8.27. The third-order valence-electron chi connectivity index (χ3n) is 1.18. The van der Waals surface area contributed by atoms with E-state index < -0.39 is 0 Å². The van der Waals surface area contributed by atoms with Crippen LogP contribution in [-0.2, 0) is 6.42 Å². The van der Waals surface area contributed by atoms with Gasteiger partial charge in [-0.3, -0.25) is 4.79 Å². The molecule has 1 N–H and O–H groups in total. The Hall–Kier alpha value is -1.09. The van der Waals surface area contributed by atoms with Crippen LogP contribution >= 0.6 is 11.6 Å². The number of halogens is 1. The van der Waals surface area contributed by atoms with Crippen LogP contribution in [0, 0.1) is 0 Å². The van der Waals surface area contributed by atoms with E-state index in [2.05, 4.69) is 16.5 Å². The van der Waals surface area contributed by atoms with E-state index in [0.29, 0.717) is 18.5 Å². The Labute approximate surface area is 69.1 Å². The number of carbonyl (C=O) groups is 1. The Kier molecular flexibility index (Phi) is 2.44. The molecule has 0 saturated heterocycles. The summed E-state index contributed by atoms with van der Waals surface area (Å²) in [5.41, 5.74) is 0.253. The molecule has 0 amide bonds. The zero-order valence-electron chi connectivity index (χ0n) is 5.80. The molecule has 1 heterocycles. The number of H-pyrrole nitrogens is 1. The standard InChI is InChI=1S/C7H7ClN2O/c1-2-3-6-9-5(4-11)7(8)10-6/h2,4H,1,3H2,(H,9,10). The van der Waals surface area contributed by atoms with Crippen LogP contribution in [0.4, 0.5) is 0 Å². The second kappa shape index (κ2) is 3.34. The van der Waals surface area contributed by atoms with Crippen LogP contribution in [0.15, 0.2) is 12.7 Å². The Morgan fingerprint density at radius 2 is 2.45 bits per heavy atom. The van der Waals surface area contributed by atoms with Crippen LogP contribution in [0.25, 0.3) is 0 Å². The Bertz CT molecular complexity index is 280. The summed E-state index contributed by atoms with van der Waals surface area (Å²) in [6.45, 7) is 3.53. The molecule has 0 unspecified atom stereocenters. The van der Waals surface area contributed by atoms with Gasteiger partial charge in [0.1, 0.15) is 16.7 Å². The summed E-state index contributed by atoms with van der Waals surface area (Å²) in [7, 11) is 0. The minimum absolute atomic E-state index is 0.253. The second-order valence-corrected chi connectivity index (χ2v) is 2.37. The van der Waals surface area contributed by atoms with Gasteiger partial charge in [0.2, 0.25) is 0 Å². The first-order chi connectivity index (χ1) is 5.27. The van der Waals surface area contributed by atoms with Gasteiger partial charge in [-0.05, 0) is 0 Å². The van der Waals surface area contributed by atoms with E-state index in [1.54, 1.807) is 6.08 Å². The average Bonchev–Trinajstić information content (AvgIpc) is 2.32. The molecule has 0 saturated carbocycles. The number of aldehydes is 1. The maximum Gasteiger partial charge on any atom is 0.171 e. The summed E-state index contributed by atoms with van der Waals surface area (Å²) in [5, 5.41) is 0.289. The van der Waals surface area contributed by atoms with Gasteiger partial charge in [0.25, 0.3) is 0 Å². The highest BCUT2D eigenvalue weighted by Gasteiger charge is 2.04. The van der Waals surface area contributed by atoms with Crippen LogP contribution in [0.5, 0.6) is 0 Å². The van der Waals surface area contributed by atoms with E-state index in [9.17, 15) is 4.79 Å². The van der Waals surface area contributed by atoms with Crippen LogP contribution in [0.2, 0.25) is 5.15 Å². The number of aromatic amines is 1. The molecule has 1 aromatic rings. The number of allylic oxidation sites excluding steroid dienone is 1. The van der Waals surface area contributed by atoms with Crippen LogP contribution in [0.3, 0.4) is 0 Å². The first-order valence-corrected chi connectivity index (χ1v) is 3.46. The largest absolute Gasteiger partial charge is 0.332 e. The number of carbonyl (C=O) groups excluding carboxylic acids is 1. The summed E-state index contributed by atoms with van der Waals surface area (Å²) in [4.78, 5) is 16.9. The highest BCUT2D eigenvalue weighted by atomic mass is 35.5. The summed E-state index contributed by atoms with van der Waals surface area (Å²) in [6, 6.07) is 0. The maximum atomic E-state index is 10.3. The number of hydrogen-bond donors (Lipinski definition) is 1. The number of imidazole rings is 1. The summed E-state index contributed by atoms with van der Waals surface area (Å²) < 4.78 is 0. The van der Waals surface area contributed by atoms with E-state index in [4.69, 9.17) is 11.6 Å². The normalized spacial score (nSPS) is 9.55. The lowest BCUT2D eigenvalue weighted by Gasteiger charge is -1.83. The van der Waals surface area contributed by atoms with Crippen LogP contribution in [0.1, 0.15) is 16.3 Å². The van der Waals surface area contributed by atoms with Crippen molar-refractivity contribution in [2.24, 2.45) is 0 Å². The molecule has 11 heavy (non-hydrogen) atoms. The number of hydrogen-bond acceptors (Lipinski definition) is 2. The SMILES string of the molecule is C=CCc1nc(C=O)c(Cl)[nH]1. The molecule has 1 aromatic heterocycles. The zero-order valence-corrected chi connectivity index (χ0v) is 6.56. The second-order valence-electron chi connectivity index (χ2n) is 1.99. The summed E-state index contributed by atoms with van der Waals surface area (Å²) in [6.07, 6.45) is 2.89. The molecule has 0 aliphatic rings. The van der Waals surface area contributed by atoms with Crippen molar-refractivity contribution in [2.75, 3.05) is 0 Å². The van der Waals surface area contributed by atoms with Crippen molar-refractivity contribution in [1.29, 1.82) is 0 Å². The number of nitrogens with zero attached hydrogens (tertiary/aromatic N) is 1. The molecule has 0 aliphatic heterocycles. The highest BCUT2D eigenvalue weighted by molar-refractivity contribution is 6.31. The lowest BCUT2D eigenvalue weighted by atomic mass is 10.4. The lowest BCUT2D eigenvalue weighted by molar-refractivity contribution is 0.111. The van der Waals surface area contributed by atoms with Crippen molar-refractivity contribution < 1.29 is 4.79 Å². The molecule has 58 valence electrons. The van der Waals surface area contributed by atoms with Gasteiger partial charge < -0.3 is 4.98 Å². The third-order valence-corrected chi connectivity index (χ3v) is 1.47. The van der Waals surface area contributed by atoms with Gasteiger partial charge in [-0.15, -0.1) is 6.58 Å². The first-order valence-electron chi connectivity index (χ1n) is 3.08. The van der Waals surface area contributed by atoms with Crippen molar-refractivity contribution in [3.05, 3.63) is 29.3 Å². The fourth-order valence-electron chi connectivity index (χ4n) is 0.725. The molecule has 0 spiro atoms. The monoisotopic (exact) mass is 170 g/mol.